The average Bonchev–Trinajstić information content (AvgIpc) is 3.24. The minimum absolute atomic E-state index is 0.0316. The third-order valence-corrected chi connectivity index (χ3v) is 4.27. The quantitative estimate of drug-likeness (QED) is 0.922. The van der Waals surface area contributed by atoms with Crippen LogP contribution in [0, 0.1) is 13.8 Å². The maximum absolute atomic E-state index is 12.7. The van der Waals surface area contributed by atoms with E-state index < -0.39 is 0 Å². The van der Waals surface area contributed by atoms with Gasteiger partial charge in [-0.3, -0.25) is 4.79 Å². The summed E-state index contributed by atoms with van der Waals surface area (Å²) in [7, 11) is 0. The molecule has 4 nitrogen and oxygen atoms in total. The van der Waals surface area contributed by atoms with Gasteiger partial charge in [-0.05, 0) is 49.4 Å². The van der Waals surface area contributed by atoms with Crippen molar-refractivity contribution in [1.29, 1.82) is 0 Å². The van der Waals surface area contributed by atoms with Gasteiger partial charge in [0.05, 0.1) is 12.1 Å². The topological polar surface area (TPSA) is 59.5 Å². The van der Waals surface area contributed by atoms with E-state index in [-0.39, 0.29) is 5.91 Å². The zero-order valence-electron chi connectivity index (χ0n) is 13.1. The number of aryl methyl sites for hydroxylation is 2. The van der Waals surface area contributed by atoms with Crippen LogP contribution in [0.3, 0.4) is 0 Å². The molecule has 116 valence electrons. The molecule has 1 aliphatic carbocycles. The SMILES string of the molecule is Cc1ccc(CN(C(=O)c2coc(CN)c2)C2CC2)cc1C. The normalized spacial score (nSPS) is 14.1. The van der Waals surface area contributed by atoms with Crippen molar-refractivity contribution in [2.45, 2.75) is 45.8 Å². The minimum Gasteiger partial charge on any atom is -0.467 e. The fourth-order valence-electron chi connectivity index (χ4n) is 2.62. The lowest BCUT2D eigenvalue weighted by Crippen LogP contribution is -2.32. The maximum atomic E-state index is 12.7. The smallest absolute Gasteiger partial charge is 0.257 e. The lowest BCUT2D eigenvalue weighted by molar-refractivity contribution is 0.0729. The van der Waals surface area contributed by atoms with Crippen LogP contribution >= 0.6 is 0 Å². The molecule has 2 N–H and O–H groups in total. The number of benzene rings is 1. The molecule has 0 bridgehead atoms. The molecule has 0 radical (unpaired) electrons. The third-order valence-electron chi connectivity index (χ3n) is 4.27. The summed E-state index contributed by atoms with van der Waals surface area (Å²) in [6, 6.07) is 8.48. The van der Waals surface area contributed by atoms with E-state index in [0.717, 1.165) is 12.8 Å². The van der Waals surface area contributed by atoms with Crippen molar-refractivity contribution in [3.8, 4) is 0 Å². The van der Waals surface area contributed by atoms with Crippen LogP contribution in [0.15, 0.2) is 34.9 Å². The molecule has 1 aromatic carbocycles. The largest absolute Gasteiger partial charge is 0.467 e. The maximum Gasteiger partial charge on any atom is 0.257 e. The standard InChI is InChI=1S/C18H22N2O2/c1-12-3-4-14(7-13(12)2)10-20(16-5-6-16)18(21)15-8-17(9-19)22-11-15/h3-4,7-8,11,16H,5-6,9-10,19H2,1-2H3. The van der Waals surface area contributed by atoms with Crippen molar-refractivity contribution in [3.63, 3.8) is 0 Å². The van der Waals surface area contributed by atoms with Crippen molar-refractivity contribution in [3.05, 3.63) is 58.5 Å². The van der Waals surface area contributed by atoms with Crippen LogP contribution in [0.25, 0.3) is 0 Å². The summed E-state index contributed by atoms with van der Waals surface area (Å²) in [6.45, 7) is 5.16. The summed E-state index contributed by atoms with van der Waals surface area (Å²) in [5.74, 6) is 0.675. The van der Waals surface area contributed by atoms with Crippen molar-refractivity contribution < 1.29 is 9.21 Å². The van der Waals surface area contributed by atoms with Crippen LogP contribution in [-0.2, 0) is 13.1 Å². The van der Waals surface area contributed by atoms with Crippen LogP contribution in [0.1, 0.15) is 45.7 Å². The summed E-state index contributed by atoms with van der Waals surface area (Å²) in [5.41, 5.74) is 9.85. The van der Waals surface area contributed by atoms with Gasteiger partial charge in [-0.2, -0.15) is 0 Å². The number of nitrogens with two attached hydrogens (primary N) is 1. The number of hydrogen-bond donors (Lipinski definition) is 1. The van der Waals surface area contributed by atoms with Gasteiger partial charge < -0.3 is 15.1 Å². The first-order valence-corrected chi connectivity index (χ1v) is 7.73. The number of rotatable bonds is 5. The first-order valence-electron chi connectivity index (χ1n) is 7.73. The summed E-state index contributed by atoms with van der Waals surface area (Å²) in [5, 5.41) is 0. The number of carbonyl (C=O) groups excluding carboxylic acids is 1. The minimum atomic E-state index is 0.0316. The zero-order valence-corrected chi connectivity index (χ0v) is 13.1. The molecule has 0 spiro atoms. The molecule has 1 heterocycles. The van der Waals surface area contributed by atoms with Crippen molar-refractivity contribution in [2.24, 2.45) is 5.73 Å². The van der Waals surface area contributed by atoms with Crippen LogP contribution in [-0.4, -0.2) is 16.8 Å². The van der Waals surface area contributed by atoms with Gasteiger partial charge in [-0.25, -0.2) is 0 Å². The number of hydrogen-bond acceptors (Lipinski definition) is 3. The Hall–Kier alpha value is -2.07. The van der Waals surface area contributed by atoms with Crippen molar-refractivity contribution >= 4 is 5.91 Å². The fourth-order valence-corrected chi connectivity index (χ4v) is 2.62. The molecule has 4 heteroatoms. The predicted molar refractivity (Wildman–Crippen MR) is 85.4 cm³/mol. The van der Waals surface area contributed by atoms with Gasteiger partial charge in [0.15, 0.2) is 0 Å². The lowest BCUT2D eigenvalue weighted by atomic mass is 10.1. The molecule has 3 rings (SSSR count). The summed E-state index contributed by atoms with van der Waals surface area (Å²) < 4.78 is 5.30. The van der Waals surface area contributed by atoms with E-state index in [4.69, 9.17) is 10.2 Å². The van der Waals surface area contributed by atoms with E-state index in [9.17, 15) is 4.79 Å². The molecule has 22 heavy (non-hydrogen) atoms. The zero-order chi connectivity index (χ0) is 15.7. The van der Waals surface area contributed by atoms with Crippen LogP contribution in [0.2, 0.25) is 0 Å². The molecule has 0 atom stereocenters. The molecule has 1 fully saturated rings. The average molecular weight is 298 g/mol. The van der Waals surface area contributed by atoms with E-state index >= 15 is 0 Å². The van der Waals surface area contributed by atoms with Gasteiger partial charge in [0.2, 0.25) is 0 Å². The van der Waals surface area contributed by atoms with E-state index in [1.54, 1.807) is 6.07 Å². The molecule has 0 unspecified atom stereocenters. The van der Waals surface area contributed by atoms with Gasteiger partial charge in [-0.15, -0.1) is 0 Å². The predicted octanol–water partition coefficient (Wildman–Crippen LogP) is 3.16. The van der Waals surface area contributed by atoms with Crippen LogP contribution in [0.4, 0.5) is 0 Å². The molecule has 0 saturated heterocycles. The number of nitrogens with zero attached hydrogens (tertiary/aromatic N) is 1. The van der Waals surface area contributed by atoms with E-state index in [1.807, 2.05) is 4.90 Å². The summed E-state index contributed by atoms with van der Waals surface area (Å²) in [6.07, 6.45) is 3.68. The monoisotopic (exact) mass is 298 g/mol. The summed E-state index contributed by atoms with van der Waals surface area (Å²) in [4.78, 5) is 14.7. The highest BCUT2D eigenvalue weighted by Gasteiger charge is 2.33. The highest BCUT2D eigenvalue weighted by atomic mass is 16.3. The molecule has 1 amide bonds. The Morgan fingerprint density at radius 2 is 2.05 bits per heavy atom. The number of carbonyl (C=O) groups is 1. The molecule has 2 aromatic rings. The second kappa shape index (κ2) is 5.97. The van der Waals surface area contributed by atoms with Gasteiger partial charge in [0.1, 0.15) is 12.0 Å². The number of amides is 1. The second-order valence-corrected chi connectivity index (χ2v) is 6.09. The van der Waals surface area contributed by atoms with E-state index in [0.29, 0.717) is 30.5 Å². The Balaban J connectivity index is 1.80. The molecule has 1 aliphatic rings. The lowest BCUT2D eigenvalue weighted by Gasteiger charge is -2.22. The van der Waals surface area contributed by atoms with Gasteiger partial charge >= 0.3 is 0 Å². The van der Waals surface area contributed by atoms with E-state index in [1.165, 1.54) is 23.0 Å². The van der Waals surface area contributed by atoms with Crippen molar-refractivity contribution in [1.82, 2.24) is 4.90 Å². The molecular weight excluding hydrogens is 276 g/mol. The van der Waals surface area contributed by atoms with Gasteiger partial charge in [-0.1, -0.05) is 18.2 Å². The Bertz CT molecular complexity index is 686. The van der Waals surface area contributed by atoms with Gasteiger partial charge in [0, 0.05) is 12.6 Å². The first-order chi connectivity index (χ1) is 10.6. The Morgan fingerprint density at radius 3 is 2.64 bits per heavy atom. The second-order valence-electron chi connectivity index (χ2n) is 6.09. The third kappa shape index (κ3) is 3.07. The van der Waals surface area contributed by atoms with Crippen LogP contribution < -0.4 is 5.73 Å². The highest BCUT2D eigenvalue weighted by molar-refractivity contribution is 5.94. The molecule has 1 aromatic heterocycles. The Labute approximate surface area is 130 Å². The summed E-state index contributed by atoms with van der Waals surface area (Å²) >= 11 is 0. The Morgan fingerprint density at radius 1 is 1.27 bits per heavy atom. The Kier molecular flexibility index (Phi) is 4.03. The fraction of sp³-hybridized carbons (Fsp3) is 0.389. The number of furan rings is 1. The van der Waals surface area contributed by atoms with Crippen molar-refractivity contribution in [2.75, 3.05) is 0 Å². The molecule has 1 saturated carbocycles. The van der Waals surface area contributed by atoms with E-state index in [2.05, 4.69) is 32.0 Å². The first kappa shape index (κ1) is 14.9. The molecule has 0 aliphatic heterocycles. The molecular formula is C18H22N2O2. The highest BCUT2D eigenvalue weighted by Crippen LogP contribution is 2.30. The van der Waals surface area contributed by atoms with Gasteiger partial charge in [0.25, 0.3) is 5.91 Å². The van der Waals surface area contributed by atoms with Crippen LogP contribution in [0.5, 0.6) is 0 Å².